The molecule has 1 N–H and O–H groups in total. The Bertz CT molecular complexity index is 1150. The Balaban J connectivity index is 1.55. The van der Waals surface area contributed by atoms with Crippen LogP contribution in [0.25, 0.3) is 16.9 Å². The minimum Gasteiger partial charge on any atom is -0.452 e. The smallest absolute Gasteiger partial charge is 0.342 e. The maximum Gasteiger partial charge on any atom is 0.342 e. The largest absolute Gasteiger partial charge is 0.452 e. The van der Waals surface area contributed by atoms with E-state index in [0.717, 1.165) is 29.7 Å². The van der Waals surface area contributed by atoms with Crippen molar-refractivity contribution in [3.63, 3.8) is 0 Å². The number of aryl methyl sites for hydroxylation is 1. The molecule has 162 valence electrons. The second kappa shape index (κ2) is 9.06. The van der Waals surface area contributed by atoms with Crippen LogP contribution in [0.5, 0.6) is 0 Å². The molecule has 0 atom stereocenters. The molecule has 7 heteroatoms. The van der Waals surface area contributed by atoms with Gasteiger partial charge in [-0.05, 0) is 44.7 Å². The highest BCUT2D eigenvalue weighted by atomic mass is 16.5. The van der Waals surface area contributed by atoms with Crippen molar-refractivity contribution in [3.8, 4) is 23.0 Å². The Morgan fingerprint density at radius 2 is 1.81 bits per heavy atom. The average Bonchev–Trinajstić information content (AvgIpc) is 3.47. The number of aromatic nitrogens is 2. The lowest BCUT2D eigenvalue weighted by atomic mass is 10.00. The summed E-state index contributed by atoms with van der Waals surface area (Å²) in [5.74, 6) is -1.12. The Labute approximate surface area is 186 Å². The number of esters is 1. The van der Waals surface area contributed by atoms with Crippen molar-refractivity contribution in [3.05, 3.63) is 71.9 Å². The standard InChI is InChI=1S/C25H24N4O3/c1-18-9-11-19(12-10-18)23-21(15-29(28-23)20-7-3-2-4-8-20)24(31)32-16-22(30)27-25(17-26)13-5-6-14-25/h2-4,7-12,15H,5-6,13-14,16H2,1H3,(H,27,30). The predicted molar refractivity (Wildman–Crippen MR) is 119 cm³/mol. The van der Waals surface area contributed by atoms with E-state index in [0.29, 0.717) is 18.5 Å². The summed E-state index contributed by atoms with van der Waals surface area (Å²) in [5, 5.41) is 16.8. The van der Waals surface area contributed by atoms with Gasteiger partial charge in [0.15, 0.2) is 6.61 Å². The zero-order valence-corrected chi connectivity index (χ0v) is 17.9. The third-order valence-corrected chi connectivity index (χ3v) is 5.66. The first-order valence-electron chi connectivity index (χ1n) is 10.6. The number of hydrogen-bond donors (Lipinski definition) is 1. The molecule has 1 amide bonds. The molecular formula is C25H24N4O3. The molecule has 4 rings (SSSR count). The Kier molecular flexibility index (Phi) is 6.04. The highest BCUT2D eigenvalue weighted by Gasteiger charge is 2.35. The van der Waals surface area contributed by atoms with Crippen LogP contribution in [-0.2, 0) is 9.53 Å². The van der Waals surface area contributed by atoms with E-state index >= 15 is 0 Å². The molecule has 1 heterocycles. The van der Waals surface area contributed by atoms with Gasteiger partial charge in [-0.2, -0.15) is 10.4 Å². The third kappa shape index (κ3) is 4.54. The van der Waals surface area contributed by atoms with Gasteiger partial charge in [-0.25, -0.2) is 9.48 Å². The van der Waals surface area contributed by atoms with Crippen molar-refractivity contribution in [2.45, 2.75) is 38.1 Å². The van der Waals surface area contributed by atoms with Gasteiger partial charge >= 0.3 is 5.97 Å². The third-order valence-electron chi connectivity index (χ3n) is 5.66. The molecule has 1 saturated carbocycles. The summed E-state index contributed by atoms with van der Waals surface area (Å²) in [6, 6.07) is 19.3. The summed E-state index contributed by atoms with van der Waals surface area (Å²) in [4.78, 5) is 25.3. The maximum absolute atomic E-state index is 12.9. The molecule has 0 unspecified atom stereocenters. The summed E-state index contributed by atoms with van der Waals surface area (Å²) in [5.41, 5.74) is 2.56. The van der Waals surface area contributed by atoms with Gasteiger partial charge < -0.3 is 10.1 Å². The summed E-state index contributed by atoms with van der Waals surface area (Å²) in [7, 11) is 0. The number of amides is 1. The van der Waals surface area contributed by atoms with E-state index in [-0.39, 0.29) is 5.56 Å². The number of para-hydroxylation sites is 1. The lowest BCUT2D eigenvalue weighted by molar-refractivity contribution is -0.125. The van der Waals surface area contributed by atoms with Crippen LogP contribution in [0, 0.1) is 18.3 Å². The van der Waals surface area contributed by atoms with Gasteiger partial charge in [0.25, 0.3) is 5.91 Å². The second-order valence-corrected chi connectivity index (χ2v) is 8.06. The SMILES string of the molecule is Cc1ccc(-c2nn(-c3ccccc3)cc2C(=O)OCC(=O)NC2(C#N)CCCC2)cc1. The van der Waals surface area contributed by atoms with Crippen LogP contribution < -0.4 is 5.32 Å². The fourth-order valence-electron chi connectivity index (χ4n) is 3.92. The van der Waals surface area contributed by atoms with Gasteiger partial charge in [0.2, 0.25) is 0 Å². The number of carbonyl (C=O) groups excluding carboxylic acids is 2. The van der Waals surface area contributed by atoms with Crippen molar-refractivity contribution in [1.82, 2.24) is 15.1 Å². The van der Waals surface area contributed by atoms with Gasteiger partial charge in [0, 0.05) is 11.8 Å². The summed E-state index contributed by atoms with van der Waals surface area (Å²) in [6.07, 6.45) is 4.63. The van der Waals surface area contributed by atoms with Gasteiger partial charge in [0.05, 0.1) is 11.8 Å². The van der Waals surface area contributed by atoms with E-state index in [1.54, 1.807) is 10.9 Å². The number of hydrogen-bond acceptors (Lipinski definition) is 5. The molecule has 1 aromatic heterocycles. The fourth-order valence-corrected chi connectivity index (χ4v) is 3.92. The van der Waals surface area contributed by atoms with E-state index in [2.05, 4.69) is 16.5 Å². The zero-order valence-electron chi connectivity index (χ0n) is 17.9. The summed E-state index contributed by atoms with van der Waals surface area (Å²) >= 11 is 0. The van der Waals surface area contributed by atoms with Crippen LogP contribution in [0.1, 0.15) is 41.6 Å². The molecule has 3 aromatic rings. The molecule has 7 nitrogen and oxygen atoms in total. The van der Waals surface area contributed by atoms with E-state index < -0.39 is 24.0 Å². The van der Waals surface area contributed by atoms with Crippen molar-refractivity contribution in [1.29, 1.82) is 5.26 Å². The van der Waals surface area contributed by atoms with Crippen LogP contribution in [0.2, 0.25) is 0 Å². The molecule has 1 fully saturated rings. The van der Waals surface area contributed by atoms with Crippen LogP contribution in [0.15, 0.2) is 60.8 Å². The van der Waals surface area contributed by atoms with Gasteiger partial charge in [-0.3, -0.25) is 4.79 Å². The van der Waals surface area contributed by atoms with Crippen molar-refractivity contribution >= 4 is 11.9 Å². The summed E-state index contributed by atoms with van der Waals surface area (Å²) < 4.78 is 6.93. The predicted octanol–water partition coefficient (Wildman–Crippen LogP) is 3.96. The van der Waals surface area contributed by atoms with Gasteiger partial charge in [0.1, 0.15) is 16.8 Å². The van der Waals surface area contributed by atoms with Crippen LogP contribution in [0.4, 0.5) is 0 Å². The van der Waals surface area contributed by atoms with E-state index in [9.17, 15) is 14.9 Å². The minimum absolute atomic E-state index is 0.265. The van der Waals surface area contributed by atoms with Crippen LogP contribution in [0.3, 0.4) is 0 Å². The first-order chi connectivity index (χ1) is 15.5. The number of carbonyl (C=O) groups is 2. The molecule has 1 aliphatic carbocycles. The molecule has 32 heavy (non-hydrogen) atoms. The normalized spacial score (nSPS) is 14.5. The lowest BCUT2D eigenvalue weighted by Crippen LogP contribution is -2.46. The molecule has 0 spiro atoms. The highest BCUT2D eigenvalue weighted by molar-refractivity contribution is 5.97. The van der Waals surface area contributed by atoms with E-state index in [4.69, 9.17) is 4.74 Å². The molecule has 0 radical (unpaired) electrons. The first-order valence-corrected chi connectivity index (χ1v) is 10.6. The number of nitrogens with zero attached hydrogens (tertiary/aromatic N) is 3. The molecule has 1 aliphatic rings. The number of nitrogens with one attached hydrogen (secondary N) is 1. The second-order valence-electron chi connectivity index (χ2n) is 8.06. The highest BCUT2D eigenvalue weighted by Crippen LogP contribution is 2.29. The number of rotatable bonds is 6. The number of nitriles is 1. The average molecular weight is 428 g/mol. The number of benzene rings is 2. The quantitative estimate of drug-likeness (QED) is 0.600. The van der Waals surface area contributed by atoms with Crippen molar-refractivity contribution in [2.75, 3.05) is 6.61 Å². The zero-order chi connectivity index (χ0) is 22.6. The van der Waals surface area contributed by atoms with Crippen molar-refractivity contribution < 1.29 is 14.3 Å². The molecular weight excluding hydrogens is 404 g/mol. The lowest BCUT2D eigenvalue weighted by Gasteiger charge is -2.21. The van der Waals surface area contributed by atoms with Gasteiger partial charge in [-0.1, -0.05) is 48.0 Å². The topological polar surface area (TPSA) is 97.0 Å². The Morgan fingerprint density at radius 3 is 2.47 bits per heavy atom. The van der Waals surface area contributed by atoms with E-state index in [1.165, 1.54) is 0 Å². The Hall–Kier alpha value is -3.92. The molecule has 0 saturated heterocycles. The van der Waals surface area contributed by atoms with E-state index in [1.807, 2.05) is 61.5 Å². The van der Waals surface area contributed by atoms with Crippen molar-refractivity contribution in [2.24, 2.45) is 0 Å². The number of ether oxygens (including phenoxy) is 1. The van der Waals surface area contributed by atoms with Crippen LogP contribution >= 0.6 is 0 Å². The van der Waals surface area contributed by atoms with Crippen LogP contribution in [-0.4, -0.2) is 33.8 Å². The molecule has 0 bridgehead atoms. The molecule has 0 aliphatic heterocycles. The molecule has 2 aromatic carbocycles. The van der Waals surface area contributed by atoms with Gasteiger partial charge in [-0.15, -0.1) is 0 Å². The maximum atomic E-state index is 12.9. The fraction of sp³-hybridized carbons (Fsp3) is 0.280. The monoisotopic (exact) mass is 428 g/mol. The first kappa shape index (κ1) is 21.3. The summed E-state index contributed by atoms with van der Waals surface area (Å²) in [6.45, 7) is 1.53. The minimum atomic E-state index is -0.852. The Morgan fingerprint density at radius 1 is 1.12 bits per heavy atom.